The van der Waals surface area contributed by atoms with Crippen LogP contribution in [-0.2, 0) is 16.6 Å². The maximum Gasteiger partial charge on any atom is 0.216 e. The first kappa shape index (κ1) is 15.2. The maximum absolute atomic E-state index is 12.1. The van der Waals surface area contributed by atoms with Crippen molar-refractivity contribution in [1.29, 1.82) is 0 Å². The van der Waals surface area contributed by atoms with Gasteiger partial charge in [-0.3, -0.25) is 4.90 Å². The molecule has 1 saturated heterocycles. The molecule has 3 N–H and O–H groups in total. The molecule has 0 radical (unpaired) electrons. The first-order chi connectivity index (χ1) is 9.37. The molecule has 7 heteroatoms. The third kappa shape index (κ3) is 3.91. The van der Waals surface area contributed by atoms with Gasteiger partial charge in [-0.15, -0.1) is 0 Å². The molecule has 1 fully saturated rings. The molecule has 6 nitrogen and oxygen atoms in total. The molecule has 2 heterocycles. The standard InChI is InChI=1S/C13H22N4O2S/c1-10(2)16-20(18,19)12-4-6-17(9-12)8-11-3-5-15-13(14)7-11/h3,5,7,10,12,16H,4,6,8-9H2,1-2H3,(H2,14,15)/t12-/m1/s1. The van der Waals surface area contributed by atoms with Crippen LogP contribution < -0.4 is 10.5 Å². The number of nitrogens with zero attached hydrogens (tertiary/aromatic N) is 2. The normalized spacial score (nSPS) is 20.6. The molecule has 0 bridgehead atoms. The lowest BCUT2D eigenvalue weighted by atomic mass is 10.2. The highest BCUT2D eigenvalue weighted by Gasteiger charge is 2.33. The summed E-state index contributed by atoms with van der Waals surface area (Å²) in [4.78, 5) is 6.09. The Labute approximate surface area is 120 Å². The van der Waals surface area contributed by atoms with Gasteiger partial charge in [-0.05, 0) is 44.5 Å². The quantitative estimate of drug-likeness (QED) is 0.829. The van der Waals surface area contributed by atoms with E-state index >= 15 is 0 Å². The molecular weight excluding hydrogens is 276 g/mol. The van der Waals surface area contributed by atoms with Crippen LogP contribution in [0, 0.1) is 0 Å². The van der Waals surface area contributed by atoms with Gasteiger partial charge in [0.25, 0.3) is 0 Å². The number of rotatable bonds is 5. The van der Waals surface area contributed by atoms with Gasteiger partial charge in [0.15, 0.2) is 0 Å². The molecule has 0 aromatic carbocycles. The molecular formula is C13H22N4O2S. The van der Waals surface area contributed by atoms with E-state index in [1.165, 1.54) is 0 Å². The van der Waals surface area contributed by atoms with Crippen LogP contribution in [0.3, 0.4) is 0 Å². The molecule has 20 heavy (non-hydrogen) atoms. The Bertz CT molecular complexity index is 559. The van der Waals surface area contributed by atoms with Crippen LogP contribution in [0.25, 0.3) is 0 Å². The van der Waals surface area contributed by atoms with E-state index in [0.717, 1.165) is 12.1 Å². The SMILES string of the molecule is CC(C)NS(=O)(=O)[C@@H]1CCN(Cc2ccnc(N)c2)C1. The van der Waals surface area contributed by atoms with Crippen LogP contribution in [0.5, 0.6) is 0 Å². The zero-order valence-corrected chi connectivity index (χ0v) is 12.7. The second-order valence-corrected chi connectivity index (χ2v) is 7.54. The number of hydrogen-bond donors (Lipinski definition) is 2. The number of sulfonamides is 1. The summed E-state index contributed by atoms with van der Waals surface area (Å²) in [7, 11) is -3.22. The minimum Gasteiger partial charge on any atom is -0.384 e. The van der Waals surface area contributed by atoms with Crippen molar-refractivity contribution in [3.05, 3.63) is 23.9 Å². The summed E-state index contributed by atoms with van der Waals surface area (Å²) in [5.74, 6) is 0.493. The van der Waals surface area contributed by atoms with Crippen LogP contribution >= 0.6 is 0 Å². The molecule has 0 amide bonds. The van der Waals surface area contributed by atoms with Gasteiger partial charge in [0.2, 0.25) is 10.0 Å². The molecule has 1 atom stereocenters. The van der Waals surface area contributed by atoms with Crippen molar-refractivity contribution in [3.63, 3.8) is 0 Å². The number of nitrogen functional groups attached to an aromatic ring is 1. The summed E-state index contributed by atoms with van der Waals surface area (Å²) in [5, 5.41) is -0.330. The second-order valence-electron chi connectivity index (χ2n) is 5.55. The second kappa shape index (κ2) is 6.07. The van der Waals surface area contributed by atoms with E-state index < -0.39 is 10.0 Å². The summed E-state index contributed by atoms with van der Waals surface area (Å²) in [6.07, 6.45) is 2.35. The monoisotopic (exact) mass is 298 g/mol. The van der Waals surface area contributed by atoms with Crippen molar-refractivity contribution in [1.82, 2.24) is 14.6 Å². The zero-order valence-electron chi connectivity index (χ0n) is 11.9. The van der Waals surface area contributed by atoms with Crippen molar-refractivity contribution >= 4 is 15.8 Å². The summed E-state index contributed by atoms with van der Waals surface area (Å²) in [6, 6.07) is 3.67. The molecule has 1 aromatic rings. The topological polar surface area (TPSA) is 88.3 Å². The van der Waals surface area contributed by atoms with E-state index in [1.54, 1.807) is 6.20 Å². The highest BCUT2D eigenvalue weighted by Crippen LogP contribution is 2.19. The van der Waals surface area contributed by atoms with Crippen molar-refractivity contribution in [2.75, 3.05) is 18.8 Å². The van der Waals surface area contributed by atoms with Gasteiger partial charge in [-0.2, -0.15) is 0 Å². The molecule has 1 aliphatic heterocycles. The molecule has 1 aromatic heterocycles. The van der Waals surface area contributed by atoms with Crippen molar-refractivity contribution in [2.24, 2.45) is 0 Å². The number of hydrogen-bond acceptors (Lipinski definition) is 5. The van der Waals surface area contributed by atoms with E-state index in [1.807, 2.05) is 26.0 Å². The Morgan fingerprint density at radius 2 is 2.30 bits per heavy atom. The lowest BCUT2D eigenvalue weighted by molar-refractivity contribution is 0.331. The fourth-order valence-electron chi connectivity index (χ4n) is 2.47. The Kier molecular flexibility index (Phi) is 4.62. The van der Waals surface area contributed by atoms with Gasteiger partial charge in [0.1, 0.15) is 5.82 Å². The van der Waals surface area contributed by atoms with Gasteiger partial charge in [-0.25, -0.2) is 18.1 Å². The lowest BCUT2D eigenvalue weighted by Gasteiger charge is -2.17. The Morgan fingerprint density at radius 3 is 2.95 bits per heavy atom. The summed E-state index contributed by atoms with van der Waals surface area (Å²) in [6.45, 7) is 5.73. The average Bonchev–Trinajstić information content (AvgIpc) is 2.76. The number of nitrogens with two attached hydrogens (primary N) is 1. The molecule has 112 valence electrons. The molecule has 0 spiro atoms. The number of likely N-dealkylation sites (tertiary alicyclic amines) is 1. The average molecular weight is 298 g/mol. The largest absolute Gasteiger partial charge is 0.384 e. The van der Waals surface area contributed by atoms with Crippen LogP contribution in [0.1, 0.15) is 25.8 Å². The van der Waals surface area contributed by atoms with E-state index in [2.05, 4.69) is 14.6 Å². The number of aromatic nitrogens is 1. The van der Waals surface area contributed by atoms with E-state index in [4.69, 9.17) is 5.73 Å². The smallest absolute Gasteiger partial charge is 0.216 e. The summed E-state index contributed by atoms with van der Waals surface area (Å²) >= 11 is 0. The molecule has 0 saturated carbocycles. The van der Waals surface area contributed by atoms with Crippen molar-refractivity contribution in [2.45, 2.75) is 38.1 Å². The lowest BCUT2D eigenvalue weighted by Crippen LogP contribution is -2.39. The predicted octanol–water partition coefficient (Wildman–Crippen LogP) is 0.566. The third-order valence-electron chi connectivity index (χ3n) is 3.32. The van der Waals surface area contributed by atoms with E-state index in [0.29, 0.717) is 25.3 Å². The van der Waals surface area contributed by atoms with Gasteiger partial charge < -0.3 is 5.73 Å². The van der Waals surface area contributed by atoms with Crippen LogP contribution in [0.4, 0.5) is 5.82 Å². The molecule has 0 aliphatic carbocycles. The van der Waals surface area contributed by atoms with E-state index in [9.17, 15) is 8.42 Å². The van der Waals surface area contributed by atoms with Gasteiger partial charge >= 0.3 is 0 Å². The fraction of sp³-hybridized carbons (Fsp3) is 0.615. The maximum atomic E-state index is 12.1. The Morgan fingerprint density at radius 1 is 1.55 bits per heavy atom. The van der Waals surface area contributed by atoms with Crippen LogP contribution in [-0.4, -0.2) is 42.7 Å². The van der Waals surface area contributed by atoms with E-state index in [-0.39, 0.29) is 11.3 Å². The summed E-state index contributed by atoms with van der Waals surface area (Å²) in [5.41, 5.74) is 6.71. The minimum atomic E-state index is -3.22. The number of pyridine rings is 1. The highest BCUT2D eigenvalue weighted by molar-refractivity contribution is 7.90. The molecule has 0 unspecified atom stereocenters. The first-order valence-electron chi connectivity index (χ1n) is 6.81. The predicted molar refractivity (Wildman–Crippen MR) is 79.5 cm³/mol. The molecule has 1 aliphatic rings. The van der Waals surface area contributed by atoms with Crippen molar-refractivity contribution < 1.29 is 8.42 Å². The first-order valence-corrected chi connectivity index (χ1v) is 8.35. The Hall–Kier alpha value is -1.18. The number of nitrogens with one attached hydrogen (secondary N) is 1. The highest BCUT2D eigenvalue weighted by atomic mass is 32.2. The summed E-state index contributed by atoms with van der Waals surface area (Å²) < 4.78 is 26.9. The Balaban J connectivity index is 1.96. The number of anilines is 1. The fourth-order valence-corrected chi connectivity index (χ4v) is 4.14. The molecule has 2 rings (SSSR count). The van der Waals surface area contributed by atoms with Crippen LogP contribution in [0.15, 0.2) is 18.3 Å². The van der Waals surface area contributed by atoms with Crippen LogP contribution in [0.2, 0.25) is 0 Å². The minimum absolute atomic E-state index is 0.0611. The zero-order chi connectivity index (χ0) is 14.8. The van der Waals surface area contributed by atoms with Gasteiger partial charge in [0.05, 0.1) is 5.25 Å². The van der Waals surface area contributed by atoms with Gasteiger partial charge in [-0.1, -0.05) is 0 Å². The van der Waals surface area contributed by atoms with Crippen molar-refractivity contribution in [3.8, 4) is 0 Å². The third-order valence-corrected chi connectivity index (χ3v) is 5.38. The van der Waals surface area contributed by atoms with Gasteiger partial charge in [0, 0.05) is 25.3 Å².